The maximum absolute atomic E-state index is 15.1. The third-order valence-electron chi connectivity index (χ3n) is 6.59. The summed E-state index contributed by atoms with van der Waals surface area (Å²) >= 11 is 0. The molecule has 2 fully saturated rings. The second-order valence-corrected chi connectivity index (χ2v) is 8.83. The highest BCUT2D eigenvalue weighted by Gasteiger charge is 2.35. The van der Waals surface area contributed by atoms with Gasteiger partial charge in [-0.1, -0.05) is 0 Å². The number of benzene rings is 1. The zero-order valence-electron chi connectivity index (χ0n) is 17.1. The van der Waals surface area contributed by atoms with E-state index in [0.717, 1.165) is 35.4 Å². The molecular weight excluding hydrogens is 379 g/mol. The fourth-order valence-electron chi connectivity index (χ4n) is 5.15. The van der Waals surface area contributed by atoms with Crippen molar-refractivity contribution >= 4 is 16.6 Å². The Kier molecular flexibility index (Phi) is 3.90. The Bertz CT molecular complexity index is 1280. The molecule has 2 atom stereocenters. The average molecular weight is 402 g/mol. The number of hydrogen-bond acceptors (Lipinski definition) is 5. The van der Waals surface area contributed by atoms with Gasteiger partial charge in [0, 0.05) is 29.0 Å². The van der Waals surface area contributed by atoms with Crippen molar-refractivity contribution in [2.24, 2.45) is 0 Å². The lowest BCUT2D eigenvalue weighted by atomic mass is 9.89. The predicted molar refractivity (Wildman–Crippen MR) is 113 cm³/mol. The number of halogens is 1. The van der Waals surface area contributed by atoms with Crippen molar-refractivity contribution in [2.45, 2.75) is 57.5 Å². The fraction of sp³-hybridized carbons (Fsp3) is 0.391. The molecule has 0 aliphatic carbocycles. The minimum absolute atomic E-state index is 0.281. The fourth-order valence-corrected chi connectivity index (χ4v) is 5.15. The molecule has 6 nitrogen and oxygen atoms in total. The number of rotatable bonds is 2. The highest BCUT2D eigenvalue weighted by atomic mass is 19.1. The molecule has 2 unspecified atom stereocenters. The van der Waals surface area contributed by atoms with Gasteiger partial charge in [-0.2, -0.15) is 15.3 Å². The number of nitrogens with zero attached hydrogens (tertiary/aromatic N) is 5. The summed E-state index contributed by atoms with van der Waals surface area (Å²) in [5, 5.41) is 17.7. The molecule has 2 bridgehead atoms. The molecule has 2 aliphatic rings. The third-order valence-corrected chi connectivity index (χ3v) is 6.59. The smallest absolute Gasteiger partial charge is 0.156 e. The number of imidazole rings is 1. The largest absolute Gasteiger partial charge is 0.311 e. The molecule has 5 heterocycles. The molecule has 0 amide bonds. The lowest BCUT2D eigenvalue weighted by molar-refractivity contribution is 0.358. The van der Waals surface area contributed by atoms with Gasteiger partial charge in [0.2, 0.25) is 0 Å². The number of aromatic nitrogens is 5. The molecule has 2 saturated heterocycles. The summed E-state index contributed by atoms with van der Waals surface area (Å²) in [7, 11) is 0. The summed E-state index contributed by atoms with van der Waals surface area (Å²) < 4.78 is 16.9. The Morgan fingerprint density at radius 1 is 1.03 bits per heavy atom. The van der Waals surface area contributed by atoms with Gasteiger partial charge in [0.1, 0.15) is 5.82 Å². The molecule has 6 rings (SSSR count). The summed E-state index contributed by atoms with van der Waals surface area (Å²) in [4.78, 5) is 4.48. The molecule has 0 spiro atoms. The molecule has 3 aromatic heterocycles. The summed E-state index contributed by atoms with van der Waals surface area (Å²) in [6.45, 7) is 3.92. The van der Waals surface area contributed by atoms with E-state index < -0.39 is 0 Å². The van der Waals surface area contributed by atoms with Gasteiger partial charge in [0.15, 0.2) is 5.65 Å². The van der Waals surface area contributed by atoms with E-state index in [1.807, 2.05) is 38.2 Å². The Morgan fingerprint density at radius 3 is 2.63 bits per heavy atom. The predicted octanol–water partition coefficient (Wildman–Crippen LogP) is 4.09. The standard InChI is InChI=1S/C23H23FN6/c1-12-5-21(29-30-11-13(2)25-23(12)30)15-8-19(24)18-10-20(27-28-22(18)9-15)14-6-16-3-4-17(7-14)26-16/h5,8-11,14,16-17,26H,3-4,6-7H2,1-2H3. The van der Waals surface area contributed by atoms with Crippen LogP contribution in [0.5, 0.6) is 0 Å². The van der Waals surface area contributed by atoms with Crippen molar-refractivity contribution in [3.8, 4) is 11.3 Å². The maximum atomic E-state index is 15.1. The number of hydrogen-bond donors (Lipinski definition) is 1. The second-order valence-electron chi connectivity index (χ2n) is 8.83. The topological polar surface area (TPSA) is 68.0 Å². The maximum Gasteiger partial charge on any atom is 0.156 e. The zero-order chi connectivity index (χ0) is 20.4. The highest BCUT2D eigenvalue weighted by molar-refractivity contribution is 5.84. The first-order chi connectivity index (χ1) is 14.5. The Hall–Kier alpha value is -2.93. The second kappa shape index (κ2) is 6.54. The van der Waals surface area contributed by atoms with Crippen LogP contribution in [0.4, 0.5) is 4.39 Å². The van der Waals surface area contributed by atoms with Crippen molar-refractivity contribution in [3.63, 3.8) is 0 Å². The van der Waals surface area contributed by atoms with Gasteiger partial charge in [-0.05, 0) is 69.4 Å². The molecule has 7 heteroatoms. The molecular formula is C23H23FN6. The van der Waals surface area contributed by atoms with Crippen LogP contribution in [0.25, 0.3) is 27.8 Å². The van der Waals surface area contributed by atoms with Crippen LogP contribution in [0.1, 0.15) is 48.6 Å². The zero-order valence-corrected chi connectivity index (χ0v) is 17.1. The van der Waals surface area contributed by atoms with Crippen LogP contribution >= 0.6 is 0 Å². The van der Waals surface area contributed by atoms with E-state index in [9.17, 15) is 0 Å². The van der Waals surface area contributed by atoms with Crippen LogP contribution < -0.4 is 5.32 Å². The van der Waals surface area contributed by atoms with Crippen molar-refractivity contribution in [3.05, 3.63) is 53.2 Å². The molecule has 1 N–H and O–H groups in total. The molecule has 2 aliphatic heterocycles. The molecule has 4 aromatic rings. The van der Waals surface area contributed by atoms with Crippen molar-refractivity contribution < 1.29 is 4.39 Å². The summed E-state index contributed by atoms with van der Waals surface area (Å²) in [5.74, 6) is 0.0767. The lowest BCUT2D eigenvalue weighted by Crippen LogP contribution is -2.37. The normalized spacial score (nSPS) is 23.5. The quantitative estimate of drug-likeness (QED) is 0.547. The molecule has 1 aromatic carbocycles. The number of aryl methyl sites for hydroxylation is 2. The first-order valence-corrected chi connectivity index (χ1v) is 10.6. The molecule has 0 radical (unpaired) electrons. The van der Waals surface area contributed by atoms with Crippen LogP contribution in [0.2, 0.25) is 0 Å². The van der Waals surface area contributed by atoms with Gasteiger partial charge in [-0.3, -0.25) is 0 Å². The van der Waals surface area contributed by atoms with E-state index >= 15 is 4.39 Å². The van der Waals surface area contributed by atoms with Crippen LogP contribution in [-0.2, 0) is 0 Å². The van der Waals surface area contributed by atoms with Crippen molar-refractivity contribution in [2.75, 3.05) is 0 Å². The van der Waals surface area contributed by atoms with E-state index in [2.05, 4.69) is 25.6 Å². The van der Waals surface area contributed by atoms with Gasteiger partial charge in [-0.15, -0.1) is 0 Å². The van der Waals surface area contributed by atoms with Gasteiger partial charge in [0.05, 0.1) is 28.8 Å². The SMILES string of the molecule is Cc1cn2nc(-c3cc(F)c4cc(C5CC6CCC(C5)N6)nnc4c3)cc(C)c2n1. The van der Waals surface area contributed by atoms with Crippen molar-refractivity contribution in [1.29, 1.82) is 0 Å². The van der Waals surface area contributed by atoms with Crippen LogP contribution in [0, 0.1) is 19.7 Å². The molecule has 30 heavy (non-hydrogen) atoms. The first kappa shape index (κ1) is 17.9. The van der Waals surface area contributed by atoms with Gasteiger partial charge < -0.3 is 5.32 Å². The Balaban J connectivity index is 1.41. The van der Waals surface area contributed by atoms with Gasteiger partial charge >= 0.3 is 0 Å². The van der Waals surface area contributed by atoms with Crippen LogP contribution in [-0.4, -0.2) is 36.9 Å². The summed E-state index contributed by atoms with van der Waals surface area (Å²) in [6, 6.07) is 8.40. The number of fused-ring (bicyclic) bond motifs is 4. The van der Waals surface area contributed by atoms with E-state index in [0.29, 0.717) is 40.2 Å². The van der Waals surface area contributed by atoms with E-state index in [1.54, 1.807) is 10.6 Å². The molecule has 152 valence electrons. The average Bonchev–Trinajstić information content (AvgIpc) is 3.28. The Labute approximate surface area is 173 Å². The van der Waals surface area contributed by atoms with E-state index in [4.69, 9.17) is 0 Å². The lowest BCUT2D eigenvalue weighted by Gasteiger charge is -2.28. The summed E-state index contributed by atoms with van der Waals surface area (Å²) in [6.07, 6.45) is 6.45. The minimum atomic E-state index is -0.281. The van der Waals surface area contributed by atoms with Crippen molar-refractivity contribution in [1.82, 2.24) is 30.1 Å². The minimum Gasteiger partial charge on any atom is -0.311 e. The molecule has 0 saturated carbocycles. The van der Waals surface area contributed by atoms with E-state index in [-0.39, 0.29) is 5.82 Å². The van der Waals surface area contributed by atoms with Crippen LogP contribution in [0.3, 0.4) is 0 Å². The Morgan fingerprint density at radius 2 is 1.83 bits per heavy atom. The monoisotopic (exact) mass is 402 g/mol. The third kappa shape index (κ3) is 2.88. The highest BCUT2D eigenvalue weighted by Crippen LogP contribution is 2.37. The number of piperidine rings is 1. The summed E-state index contributed by atoms with van der Waals surface area (Å²) in [5.41, 5.74) is 5.58. The van der Waals surface area contributed by atoms with Gasteiger partial charge in [-0.25, -0.2) is 13.9 Å². The van der Waals surface area contributed by atoms with Gasteiger partial charge in [0.25, 0.3) is 0 Å². The van der Waals surface area contributed by atoms with E-state index in [1.165, 1.54) is 12.8 Å². The number of nitrogens with one attached hydrogen (secondary N) is 1. The first-order valence-electron chi connectivity index (χ1n) is 10.6. The van der Waals surface area contributed by atoms with Crippen LogP contribution in [0.15, 0.2) is 30.5 Å².